The third-order valence-corrected chi connectivity index (χ3v) is 6.07. The number of nitrogens with one attached hydrogen (secondary N) is 1. The summed E-state index contributed by atoms with van der Waals surface area (Å²) < 4.78 is 19.4. The van der Waals surface area contributed by atoms with Crippen LogP contribution in [-0.2, 0) is 11.4 Å². The second kappa shape index (κ2) is 9.28. The van der Waals surface area contributed by atoms with Crippen LogP contribution < -0.4 is 10.1 Å². The molecule has 1 saturated heterocycles. The topological polar surface area (TPSA) is 58.6 Å². The van der Waals surface area contributed by atoms with Crippen LogP contribution in [0.25, 0.3) is 6.08 Å². The number of imide groups is 1. The van der Waals surface area contributed by atoms with E-state index >= 15 is 0 Å². The molecule has 4 rings (SSSR count). The molecule has 3 amide bonds. The van der Waals surface area contributed by atoms with Gasteiger partial charge in [-0.3, -0.25) is 9.69 Å². The fourth-order valence-electron chi connectivity index (χ4n) is 3.95. The molecule has 1 aliphatic heterocycles. The molecule has 0 radical (unpaired) electrons. The van der Waals surface area contributed by atoms with Crippen molar-refractivity contribution in [1.82, 2.24) is 10.2 Å². The third kappa shape index (κ3) is 4.70. The lowest BCUT2D eigenvalue weighted by molar-refractivity contribution is -0.124. The number of rotatable bonds is 5. The molecule has 31 heavy (non-hydrogen) atoms. The van der Waals surface area contributed by atoms with Gasteiger partial charge in [0, 0.05) is 11.6 Å². The molecular formula is C23H21Cl2FN2O3. The van der Waals surface area contributed by atoms with E-state index in [-0.39, 0.29) is 45.9 Å². The maximum Gasteiger partial charge on any atom is 0.329 e. The number of carbonyl (C=O) groups is 2. The zero-order valence-corrected chi connectivity index (χ0v) is 18.2. The number of nitrogens with zero attached hydrogens (tertiary/aromatic N) is 1. The Labute approximate surface area is 189 Å². The first-order valence-electron chi connectivity index (χ1n) is 10.2. The molecule has 1 N–H and O–H groups in total. The lowest BCUT2D eigenvalue weighted by atomic mass is 9.94. The maximum absolute atomic E-state index is 13.8. The summed E-state index contributed by atoms with van der Waals surface area (Å²) in [4.78, 5) is 26.5. The molecular weight excluding hydrogens is 442 g/mol. The summed E-state index contributed by atoms with van der Waals surface area (Å²) in [6, 6.07) is 8.98. The first kappa shape index (κ1) is 21.7. The van der Waals surface area contributed by atoms with Crippen molar-refractivity contribution in [2.45, 2.75) is 44.8 Å². The Balaban J connectivity index is 1.51. The number of hydrogen-bond acceptors (Lipinski definition) is 3. The Hall–Kier alpha value is -2.57. The van der Waals surface area contributed by atoms with Crippen LogP contribution in [0.1, 0.15) is 43.2 Å². The van der Waals surface area contributed by atoms with E-state index in [1.54, 1.807) is 36.4 Å². The highest BCUT2D eigenvalue weighted by atomic mass is 35.5. The second-order valence-electron chi connectivity index (χ2n) is 7.65. The van der Waals surface area contributed by atoms with Crippen molar-refractivity contribution in [1.29, 1.82) is 0 Å². The molecule has 2 aliphatic rings. The molecule has 0 aromatic heterocycles. The van der Waals surface area contributed by atoms with E-state index < -0.39 is 6.03 Å². The summed E-state index contributed by atoms with van der Waals surface area (Å²) in [5.74, 6) is -0.502. The van der Waals surface area contributed by atoms with Crippen LogP contribution in [-0.4, -0.2) is 22.9 Å². The summed E-state index contributed by atoms with van der Waals surface area (Å²) in [5.41, 5.74) is 1.10. The molecule has 0 spiro atoms. The molecule has 2 aromatic rings. The van der Waals surface area contributed by atoms with Gasteiger partial charge < -0.3 is 10.1 Å². The molecule has 5 nitrogen and oxygen atoms in total. The monoisotopic (exact) mass is 462 g/mol. The van der Waals surface area contributed by atoms with Crippen LogP contribution in [0.15, 0.2) is 42.1 Å². The number of urea groups is 1. The molecule has 8 heteroatoms. The maximum atomic E-state index is 13.8. The van der Waals surface area contributed by atoms with Crippen LogP contribution in [0.2, 0.25) is 10.0 Å². The quantitative estimate of drug-likeness (QED) is 0.441. The van der Waals surface area contributed by atoms with Gasteiger partial charge >= 0.3 is 6.03 Å². The number of ether oxygens (including phenoxy) is 1. The smallest absolute Gasteiger partial charge is 0.329 e. The average molecular weight is 463 g/mol. The van der Waals surface area contributed by atoms with Gasteiger partial charge in [0.1, 0.15) is 18.1 Å². The van der Waals surface area contributed by atoms with Gasteiger partial charge in [-0.2, -0.15) is 0 Å². The lowest BCUT2D eigenvalue weighted by Crippen LogP contribution is -2.41. The zero-order valence-electron chi connectivity index (χ0n) is 16.7. The van der Waals surface area contributed by atoms with Crippen LogP contribution >= 0.6 is 23.2 Å². The summed E-state index contributed by atoms with van der Waals surface area (Å²) in [6.45, 7) is -0.0303. The van der Waals surface area contributed by atoms with E-state index in [2.05, 4.69) is 5.32 Å². The van der Waals surface area contributed by atoms with Crippen LogP contribution in [0.5, 0.6) is 5.75 Å². The van der Waals surface area contributed by atoms with Gasteiger partial charge in [0.2, 0.25) is 0 Å². The number of halogens is 3. The highest BCUT2D eigenvalue weighted by Gasteiger charge is 2.38. The predicted octanol–water partition coefficient (Wildman–Crippen LogP) is 5.94. The summed E-state index contributed by atoms with van der Waals surface area (Å²) >= 11 is 12.7. The SMILES string of the molecule is O=C1N/C(=C\c2cc(Cl)c(OCc3ccccc3F)c(Cl)c2)C(=O)N1C1CCCCC1. The van der Waals surface area contributed by atoms with Crippen molar-refractivity contribution >= 4 is 41.2 Å². The van der Waals surface area contributed by atoms with E-state index in [1.807, 2.05) is 0 Å². The fraction of sp³-hybridized carbons (Fsp3) is 0.304. The molecule has 0 bridgehead atoms. The number of carbonyl (C=O) groups excluding carboxylic acids is 2. The largest absolute Gasteiger partial charge is 0.486 e. The van der Waals surface area contributed by atoms with E-state index in [0.29, 0.717) is 11.1 Å². The van der Waals surface area contributed by atoms with Crippen molar-refractivity contribution in [3.8, 4) is 5.75 Å². The minimum absolute atomic E-state index is 0.0303. The van der Waals surface area contributed by atoms with Crippen molar-refractivity contribution in [2.75, 3.05) is 0 Å². The molecule has 1 aliphatic carbocycles. The van der Waals surface area contributed by atoms with E-state index in [4.69, 9.17) is 27.9 Å². The minimum atomic E-state index is -0.398. The van der Waals surface area contributed by atoms with Gasteiger partial charge in [0.15, 0.2) is 5.75 Å². The third-order valence-electron chi connectivity index (χ3n) is 5.51. The van der Waals surface area contributed by atoms with E-state index in [9.17, 15) is 14.0 Å². The van der Waals surface area contributed by atoms with Gasteiger partial charge in [-0.1, -0.05) is 60.7 Å². The van der Waals surface area contributed by atoms with Crippen LogP contribution in [0, 0.1) is 5.82 Å². The van der Waals surface area contributed by atoms with Crippen LogP contribution in [0.3, 0.4) is 0 Å². The van der Waals surface area contributed by atoms with Gasteiger partial charge in [-0.25, -0.2) is 9.18 Å². The molecule has 1 saturated carbocycles. The Kier molecular flexibility index (Phi) is 6.49. The molecule has 162 valence electrons. The van der Waals surface area contributed by atoms with E-state index in [0.717, 1.165) is 32.1 Å². The number of amides is 3. The van der Waals surface area contributed by atoms with Crippen LogP contribution in [0.4, 0.5) is 9.18 Å². The summed E-state index contributed by atoms with van der Waals surface area (Å²) in [5, 5.41) is 3.08. The Morgan fingerprint density at radius 2 is 1.77 bits per heavy atom. The Morgan fingerprint density at radius 1 is 1.10 bits per heavy atom. The minimum Gasteiger partial charge on any atom is -0.486 e. The van der Waals surface area contributed by atoms with Gasteiger partial charge in [0.05, 0.1) is 10.0 Å². The van der Waals surface area contributed by atoms with Crippen molar-refractivity contribution in [3.63, 3.8) is 0 Å². The predicted molar refractivity (Wildman–Crippen MR) is 117 cm³/mol. The second-order valence-corrected chi connectivity index (χ2v) is 8.46. The number of hydrogen-bond donors (Lipinski definition) is 1. The lowest BCUT2D eigenvalue weighted by Gasteiger charge is -2.28. The number of benzene rings is 2. The summed E-state index contributed by atoms with van der Waals surface area (Å²) in [6.07, 6.45) is 6.36. The highest BCUT2D eigenvalue weighted by molar-refractivity contribution is 6.37. The standard InChI is InChI=1S/C23H21Cl2FN2O3/c24-17-10-14(11-18(25)21(17)31-13-15-6-4-5-9-19(15)26)12-20-22(29)28(23(30)27-20)16-7-2-1-3-8-16/h4-6,9-12,16H,1-3,7-8,13H2,(H,27,30)/b20-12-. The van der Waals surface area contributed by atoms with Crippen molar-refractivity contribution in [3.05, 3.63) is 69.1 Å². The Bertz CT molecular complexity index is 1030. The van der Waals surface area contributed by atoms with Gasteiger partial charge in [-0.15, -0.1) is 0 Å². The first-order chi connectivity index (χ1) is 14.9. The Morgan fingerprint density at radius 3 is 2.45 bits per heavy atom. The molecule has 1 heterocycles. The molecule has 0 unspecified atom stereocenters. The molecule has 2 aromatic carbocycles. The zero-order chi connectivity index (χ0) is 22.0. The van der Waals surface area contributed by atoms with Gasteiger partial charge in [0.25, 0.3) is 5.91 Å². The molecule has 0 atom stereocenters. The van der Waals surface area contributed by atoms with Gasteiger partial charge in [-0.05, 0) is 42.7 Å². The summed E-state index contributed by atoms with van der Waals surface area (Å²) in [7, 11) is 0. The average Bonchev–Trinajstić information content (AvgIpc) is 3.02. The fourth-order valence-corrected chi connectivity index (χ4v) is 4.57. The highest BCUT2D eigenvalue weighted by Crippen LogP contribution is 2.36. The van der Waals surface area contributed by atoms with Crippen molar-refractivity contribution in [2.24, 2.45) is 0 Å². The van der Waals surface area contributed by atoms with Crippen molar-refractivity contribution < 1.29 is 18.7 Å². The normalized spacial score (nSPS) is 18.5. The first-order valence-corrected chi connectivity index (χ1v) is 10.9. The molecule has 2 fully saturated rings. The van der Waals surface area contributed by atoms with E-state index in [1.165, 1.54) is 11.0 Å².